The summed E-state index contributed by atoms with van der Waals surface area (Å²) < 4.78 is 11.3. The number of rotatable bonds is 8. The lowest BCUT2D eigenvalue weighted by atomic mass is 10.1. The number of aromatic amines is 1. The van der Waals surface area contributed by atoms with Crippen molar-refractivity contribution in [3.05, 3.63) is 59.0 Å². The maximum atomic E-state index is 10.7. The quantitative estimate of drug-likeness (QED) is 0.247. The highest BCUT2D eigenvalue weighted by molar-refractivity contribution is 6.03. The summed E-state index contributed by atoms with van der Waals surface area (Å²) in [6.45, 7) is 5.17. The van der Waals surface area contributed by atoms with Gasteiger partial charge >= 0.3 is 0 Å². The first-order valence-corrected chi connectivity index (χ1v) is 10.8. The Morgan fingerprint density at radius 1 is 1.09 bits per heavy atom. The van der Waals surface area contributed by atoms with Crippen molar-refractivity contribution < 1.29 is 19.4 Å². The second-order valence-electron chi connectivity index (χ2n) is 7.78. The van der Waals surface area contributed by atoms with Gasteiger partial charge in [-0.1, -0.05) is 0 Å². The van der Waals surface area contributed by atoms with Crippen LogP contribution < -0.4 is 9.57 Å². The molecule has 4 aromatic rings. The molecule has 0 atom stereocenters. The van der Waals surface area contributed by atoms with E-state index >= 15 is 0 Å². The largest absolute Gasteiger partial charge is 0.493 e. The van der Waals surface area contributed by atoms with Crippen molar-refractivity contribution in [2.45, 2.75) is 6.42 Å². The van der Waals surface area contributed by atoms with E-state index in [-0.39, 0.29) is 5.75 Å². The number of morpholine rings is 1. The molecule has 170 valence electrons. The minimum absolute atomic E-state index is 0.152. The Balaban J connectivity index is 1.35. The van der Waals surface area contributed by atoms with Gasteiger partial charge in [0.25, 0.3) is 5.09 Å². The van der Waals surface area contributed by atoms with Crippen LogP contribution in [-0.2, 0) is 4.74 Å². The van der Waals surface area contributed by atoms with Gasteiger partial charge in [-0.05, 0) is 36.8 Å². The Morgan fingerprint density at radius 3 is 2.79 bits per heavy atom. The molecule has 2 aromatic heterocycles. The molecular weight excluding hydrogens is 426 g/mol. The standard InChI is InChI=1S/C23H23N5O5/c29-28(30)33-17-3-5-21-19(12-17)20(14-24-21)23-18-4-2-16(13-22(18)25-15-26-23)32-9-1-6-27-7-10-31-11-8-27/h2-5,12-15,24H,1,6-11H2. The van der Waals surface area contributed by atoms with E-state index in [1.807, 2.05) is 24.4 Å². The molecule has 0 saturated carbocycles. The van der Waals surface area contributed by atoms with Gasteiger partial charge in [0.15, 0.2) is 0 Å². The molecule has 2 aromatic carbocycles. The van der Waals surface area contributed by atoms with Gasteiger partial charge in [0, 0.05) is 53.8 Å². The van der Waals surface area contributed by atoms with Gasteiger partial charge in [-0.25, -0.2) is 9.97 Å². The minimum Gasteiger partial charge on any atom is -0.493 e. The van der Waals surface area contributed by atoms with E-state index < -0.39 is 5.09 Å². The van der Waals surface area contributed by atoms with Gasteiger partial charge in [0.2, 0.25) is 0 Å². The van der Waals surface area contributed by atoms with Crippen LogP contribution in [0.4, 0.5) is 0 Å². The molecule has 1 fully saturated rings. The van der Waals surface area contributed by atoms with Crippen LogP contribution in [0.15, 0.2) is 48.9 Å². The predicted molar refractivity (Wildman–Crippen MR) is 122 cm³/mol. The van der Waals surface area contributed by atoms with Crippen molar-refractivity contribution in [3.63, 3.8) is 0 Å². The van der Waals surface area contributed by atoms with Crippen molar-refractivity contribution in [1.29, 1.82) is 0 Å². The lowest BCUT2D eigenvalue weighted by Crippen LogP contribution is -2.37. The van der Waals surface area contributed by atoms with Gasteiger partial charge in [-0.3, -0.25) is 9.74 Å². The van der Waals surface area contributed by atoms with Crippen LogP contribution in [0.25, 0.3) is 33.1 Å². The van der Waals surface area contributed by atoms with Gasteiger partial charge < -0.3 is 14.5 Å². The fraction of sp³-hybridized carbons (Fsp3) is 0.304. The van der Waals surface area contributed by atoms with Gasteiger partial charge in [-0.2, -0.15) is 0 Å². The van der Waals surface area contributed by atoms with E-state index in [2.05, 4.69) is 24.7 Å². The molecule has 1 aliphatic rings. The number of nitrogens with one attached hydrogen (secondary N) is 1. The summed E-state index contributed by atoms with van der Waals surface area (Å²) in [5.74, 6) is 0.911. The Hall–Kier alpha value is -3.76. The van der Waals surface area contributed by atoms with E-state index in [0.717, 1.165) is 78.1 Å². The lowest BCUT2D eigenvalue weighted by molar-refractivity contribution is -0.711. The first-order chi connectivity index (χ1) is 16.2. The topological polar surface area (TPSA) is 116 Å². The maximum Gasteiger partial charge on any atom is 0.299 e. The van der Waals surface area contributed by atoms with Gasteiger partial charge in [0.05, 0.1) is 31.0 Å². The highest BCUT2D eigenvalue weighted by Gasteiger charge is 2.14. The normalized spacial score (nSPS) is 14.5. The third-order valence-electron chi connectivity index (χ3n) is 5.69. The van der Waals surface area contributed by atoms with Crippen LogP contribution in [-0.4, -0.2) is 64.4 Å². The molecule has 0 spiro atoms. The molecule has 0 unspecified atom stereocenters. The summed E-state index contributed by atoms with van der Waals surface area (Å²) in [6, 6.07) is 10.7. The molecular formula is C23H23N5O5. The summed E-state index contributed by atoms with van der Waals surface area (Å²) in [4.78, 5) is 29.8. The number of fused-ring (bicyclic) bond motifs is 2. The molecule has 0 amide bonds. The monoisotopic (exact) mass is 449 g/mol. The SMILES string of the molecule is O=[N+]([O-])Oc1ccc2[nH]cc(-c3ncnc4cc(OCCCN5CCOCC5)ccc34)c2c1. The highest BCUT2D eigenvalue weighted by atomic mass is 17.0. The van der Waals surface area contributed by atoms with Crippen LogP contribution in [0.5, 0.6) is 11.5 Å². The fourth-order valence-corrected chi connectivity index (χ4v) is 4.08. The lowest BCUT2D eigenvalue weighted by Gasteiger charge is -2.26. The van der Waals surface area contributed by atoms with Crippen molar-refractivity contribution >= 4 is 21.8 Å². The average Bonchev–Trinajstić information content (AvgIpc) is 3.24. The molecule has 1 N–H and O–H groups in total. The number of nitrogens with zero attached hydrogens (tertiary/aromatic N) is 4. The number of aromatic nitrogens is 3. The summed E-state index contributed by atoms with van der Waals surface area (Å²) in [6.07, 6.45) is 4.28. The van der Waals surface area contributed by atoms with E-state index in [1.54, 1.807) is 18.2 Å². The van der Waals surface area contributed by atoms with Crippen molar-refractivity contribution in [2.24, 2.45) is 0 Å². The number of ether oxygens (including phenoxy) is 2. The molecule has 5 rings (SSSR count). The smallest absolute Gasteiger partial charge is 0.299 e. The number of hydrogen-bond acceptors (Lipinski definition) is 8. The van der Waals surface area contributed by atoms with Crippen LogP contribution >= 0.6 is 0 Å². The molecule has 0 bridgehead atoms. The molecule has 0 aliphatic carbocycles. The van der Waals surface area contributed by atoms with E-state index in [9.17, 15) is 10.1 Å². The number of benzene rings is 2. The number of H-pyrrole nitrogens is 1. The molecule has 0 radical (unpaired) electrons. The molecule has 33 heavy (non-hydrogen) atoms. The first-order valence-electron chi connectivity index (χ1n) is 10.8. The van der Waals surface area contributed by atoms with Crippen LogP contribution in [0, 0.1) is 10.1 Å². The van der Waals surface area contributed by atoms with Gasteiger partial charge in [-0.15, -0.1) is 10.1 Å². The molecule has 1 aliphatic heterocycles. The minimum atomic E-state index is -0.823. The van der Waals surface area contributed by atoms with Crippen LogP contribution in [0.2, 0.25) is 0 Å². The second-order valence-corrected chi connectivity index (χ2v) is 7.78. The zero-order chi connectivity index (χ0) is 22.6. The average molecular weight is 449 g/mol. The van der Waals surface area contributed by atoms with Crippen molar-refractivity contribution in [2.75, 3.05) is 39.5 Å². The Kier molecular flexibility index (Phi) is 6.01. The van der Waals surface area contributed by atoms with Crippen molar-refractivity contribution in [3.8, 4) is 22.8 Å². The fourth-order valence-electron chi connectivity index (χ4n) is 4.08. The second kappa shape index (κ2) is 9.39. The highest BCUT2D eigenvalue weighted by Crippen LogP contribution is 2.34. The summed E-state index contributed by atoms with van der Waals surface area (Å²) in [5, 5.41) is 11.5. The molecule has 10 heteroatoms. The van der Waals surface area contributed by atoms with Crippen LogP contribution in [0.3, 0.4) is 0 Å². The zero-order valence-electron chi connectivity index (χ0n) is 17.9. The Morgan fingerprint density at radius 2 is 1.94 bits per heavy atom. The maximum absolute atomic E-state index is 10.7. The Bertz CT molecular complexity index is 1280. The van der Waals surface area contributed by atoms with E-state index in [4.69, 9.17) is 9.47 Å². The van der Waals surface area contributed by atoms with E-state index in [1.165, 1.54) is 6.33 Å². The molecule has 3 heterocycles. The van der Waals surface area contributed by atoms with Crippen LogP contribution in [0.1, 0.15) is 6.42 Å². The summed E-state index contributed by atoms with van der Waals surface area (Å²) >= 11 is 0. The predicted octanol–water partition coefficient (Wildman–Crippen LogP) is 3.45. The third kappa shape index (κ3) is 4.71. The summed E-state index contributed by atoms with van der Waals surface area (Å²) in [5.41, 5.74) is 3.12. The van der Waals surface area contributed by atoms with Crippen molar-refractivity contribution in [1.82, 2.24) is 19.9 Å². The number of hydrogen-bond donors (Lipinski definition) is 1. The van der Waals surface area contributed by atoms with Gasteiger partial charge in [0.1, 0.15) is 17.8 Å². The Labute approximate surface area is 189 Å². The summed E-state index contributed by atoms with van der Waals surface area (Å²) in [7, 11) is 0. The van der Waals surface area contributed by atoms with E-state index in [0.29, 0.717) is 6.61 Å². The molecule has 10 nitrogen and oxygen atoms in total. The zero-order valence-corrected chi connectivity index (χ0v) is 17.9. The third-order valence-corrected chi connectivity index (χ3v) is 5.69. The first kappa shape index (κ1) is 21.1. The molecule has 1 saturated heterocycles.